The summed E-state index contributed by atoms with van der Waals surface area (Å²) in [6.07, 6.45) is 2.36. The molecule has 1 aromatic carbocycles. The second-order valence-corrected chi connectivity index (χ2v) is 7.25. The first-order chi connectivity index (χ1) is 9.13. The zero-order chi connectivity index (χ0) is 13.8. The van der Waals surface area contributed by atoms with Gasteiger partial charge in [-0.1, -0.05) is 13.3 Å². The second-order valence-electron chi connectivity index (χ2n) is 4.92. The molecule has 2 N–H and O–H groups in total. The molecule has 0 aliphatic carbocycles. The van der Waals surface area contributed by atoms with Gasteiger partial charge in [0.2, 0.25) is 0 Å². The highest BCUT2D eigenvalue weighted by Crippen LogP contribution is 2.33. The van der Waals surface area contributed by atoms with Gasteiger partial charge in [0.1, 0.15) is 5.75 Å². The predicted octanol–water partition coefficient (Wildman–Crippen LogP) is 3.35. The fourth-order valence-electron chi connectivity index (χ4n) is 2.60. The number of halogens is 2. The third-order valence-corrected chi connectivity index (χ3v) is 5.22. The van der Waals surface area contributed by atoms with E-state index in [0.29, 0.717) is 11.8 Å². The Labute approximate surface area is 142 Å². The first-order valence-electron chi connectivity index (χ1n) is 6.76. The Kier molecular flexibility index (Phi) is 6.16. The first-order valence-corrected chi connectivity index (χ1v) is 8.92. The average Bonchev–Trinajstić information content (AvgIpc) is 2.42. The average molecular weight is 486 g/mol. The van der Waals surface area contributed by atoms with Crippen molar-refractivity contribution in [3.63, 3.8) is 0 Å². The molecule has 0 aromatic heterocycles. The molecule has 0 bridgehead atoms. The number of rotatable bonds is 4. The number of benzene rings is 1. The zero-order valence-corrected chi connectivity index (χ0v) is 15.4. The highest BCUT2D eigenvalue weighted by Gasteiger charge is 2.22. The molecule has 1 fully saturated rings. The Bertz CT molecular complexity index is 410. The van der Waals surface area contributed by atoms with E-state index in [0.717, 1.165) is 33.3 Å². The molecule has 1 saturated heterocycles. The van der Waals surface area contributed by atoms with Crippen LogP contribution in [0.5, 0.6) is 5.75 Å². The van der Waals surface area contributed by atoms with E-state index in [1.807, 2.05) is 0 Å². The van der Waals surface area contributed by atoms with Crippen LogP contribution >= 0.6 is 45.2 Å². The van der Waals surface area contributed by atoms with Gasteiger partial charge in [0.05, 0.1) is 7.14 Å². The normalized spacial score (nSPS) is 18.5. The lowest BCUT2D eigenvalue weighted by Crippen LogP contribution is -2.45. The molecule has 0 spiro atoms. The van der Waals surface area contributed by atoms with Crippen LogP contribution < -0.4 is 5.32 Å². The van der Waals surface area contributed by atoms with Crippen LogP contribution in [0.25, 0.3) is 0 Å². The summed E-state index contributed by atoms with van der Waals surface area (Å²) in [5.74, 6) is 0.417. The summed E-state index contributed by atoms with van der Waals surface area (Å²) >= 11 is 4.45. The number of nitrogens with one attached hydrogen (secondary N) is 1. The Balaban J connectivity index is 2.27. The number of phenolic OH excluding ortho intramolecular Hbond substituents is 1. The van der Waals surface area contributed by atoms with Gasteiger partial charge in [-0.3, -0.25) is 4.90 Å². The number of hydrogen-bond donors (Lipinski definition) is 2. The van der Waals surface area contributed by atoms with Gasteiger partial charge in [-0.25, -0.2) is 0 Å². The third kappa shape index (κ3) is 3.95. The maximum absolute atomic E-state index is 9.91. The lowest BCUT2D eigenvalue weighted by atomic mass is 10.00. The topological polar surface area (TPSA) is 35.5 Å². The van der Waals surface area contributed by atoms with E-state index in [4.69, 9.17) is 0 Å². The fraction of sp³-hybridized carbons (Fsp3) is 0.571. The van der Waals surface area contributed by atoms with Crippen molar-refractivity contribution in [2.24, 2.45) is 0 Å². The Morgan fingerprint density at radius 2 is 1.84 bits per heavy atom. The van der Waals surface area contributed by atoms with Crippen molar-refractivity contribution in [1.29, 1.82) is 0 Å². The zero-order valence-electron chi connectivity index (χ0n) is 11.1. The maximum atomic E-state index is 9.91. The highest BCUT2D eigenvalue weighted by atomic mass is 127. The van der Waals surface area contributed by atoms with Gasteiger partial charge in [0.25, 0.3) is 0 Å². The molecule has 5 heteroatoms. The van der Waals surface area contributed by atoms with Gasteiger partial charge < -0.3 is 10.4 Å². The summed E-state index contributed by atoms with van der Waals surface area (Å²) in [5.41, 5.74) is 1.34. The number of hydrogen-bond acceptors (Lipinski definition) is 3. The first kappa shape index (κ1) is 15.8. The summed E-state index contributed by atoms with van der Waals surface area (Å²) in [4.78, 5) is 2.57. The molecule has 0 radical (unpaired) electrons. The predicted molar refractivity (Wildman–Crippen MR) is 95.6 cm³/mol. The van der Waals surface area contributed by atoms with Crippen molar-refractivity contribution >= 4 is 45.2 Å². The van der Waals surface area contributed by atoms with Crippen LogP contribution in [-0.2, 0) is 0 Å². The second kappa shape index (κ2) is 7.42. The van der Waals surface area contributed by atoms with E-state index in [1.165, 1.54) is 18.4 Å². The fourth-order valence-corrected chi connectivity index (χ4v) is 4.42. The number of aromatic hydroxyl groups is 1. The smallest absolute Gasteiger partial charge is 0.142 e. The summed E-state index contributed by atoms with van der Waals surface area (Å²) in [5, 5.41) is 13.3. The van der Waals surface area contributed by atoms with Gasteiger partial charge in [-0.05, 0) is 69.3 Å². The lowest BCUT2D eigenvalue weighted by molar-refractivity contribution is 0.164. The van der Waals surface area contributed by atoms with Gasteiger partial charge in [0, 0.05) is 32.2 Å². The quantitative estimate of drug-likeness (QED) is 0.642. The molecule has 1 atom stereocenters. The molecule has 0 unspecified atom stereocenters. The number of piperazine rings is 1. The molecule has 19 heavy (non-hydrogen) atoms. The summed E-state index contributed by atoms with van der Waals surface area (Å²) in [6.45, 7) is 6.61. The Morgan fingerprint density at radius 3 is 2.37 bits per heavy atom. The van der Waals surface area contributed by atoms with Gasteiger partial charge >= 0.3 is 0 Å². The van der Waals surface area contributed by atoms with Crippen molar-refractivity contribution in [2.45, 2.75) is 25.8 Å². The van der Waals surface area contributed by atoms with E-state index in [2.05, 4.69) is 74.5 Å². The molecule has 3 nitrogen and oxygen atoms in total. The van der Waals surface area contributed by atoms with E-state index < -0.39 is 0 Å². The van der Waals surface area contributed by atoms with Crippen LogP contribution in [0.2, 0.25) is 0 Å². The maximum Gasteiger partial charge on any atom is 0.142 e. The van der Waals surface area contributed by atoms with Crippen molar-refractivity contribution in [3.8, 4) is 5.75 Å². The van der Waals surface area contributed by atoms with Crippen LogP contribution in [0.1, 0.15) is 31.4 Å². The van der Waals surface area contributed by atoms with Crippen LogP contribution in [0.15, 0.2) is 12.1 Å². The van der Waals surface area contributed by atoms with Crippen LogP contribution in [0, 0.1) is 7.14 Å². The molecular weight excluding hydrogens is 466 g/mol. The molecular formula is C14H20I2N2O. The van der Waals surface area contributed by atoms with Crippen LogP contribution in [-0.4, -0.2) is 36.2 Å². The molecule has 1 aromatic rings. The van der Waals surface area contributed by atoms with E-state index in [9.17, 15) is 5.11 Å². The molecule has 2 rings (SSSR count). The molecule has 0 amide bonds. The van der Waals surface area contributed by atoms with E-state index in [-0.39, 0.29) is 0 Å². The van der Waals surface area contributed by atoms with Crippen molar-refractivity contribution in [2.75, 3.05) is 26.2 Å². The minimum Gasteiger partial charge on any atom is -0.506 e. The molecule has 1 heterocycles. The third-order valence-electron chi connectivity index (χ3n) is 3.58. The highest BCUT2D eigenvalue weighted by molar-refractivity contribution is 14.1. The molecule has 106 valence electrons. The standard InChI is InChI=1S/C14H20I2N2O/c1-2-3-13(18-6-4-17-5-7-18)10-8-11(15)14(19)12(16)9-10/h8-9,13,17,19H,2-7H2,1H3/t13-/m1/s1. The monoisotopic (exact) mass is 486 g/mol. The number of phenols is 1. The molecule has 0 saturated carbocycles. The van der Waals surface area contributed by atoms with Crippen molar-refractivity contribution in [3.05, 3.63) is 24.8 Å². The minimum absolute atomic E-state index is 0.417. The SMILES string of the molecule is CCC[C@H](c1cc(I)c(O)c(I)c1)N1CCNCC1. The Hall–Kier alpha value is 0.400. The molecule has 1 aliphatic heterocycles. The minimum atomic E-state index is 0.417. The number of nitrogens with zero attached hydrogens (tertiary/aromatic N) is 1. The van der Waals surface area contributed by atoms with Gasteiger partial charge in [-0.15, -0.1) is 0 Å². The Morgan fingerprint density at radius 1 is 1.26 bits per heavy atom. The summed E-state index contributed by atoms with van der Waals surface area (Å²) in [7, 11) is 0. The largest absolute Gasteiger partial charge is 0.506 e. The van der Waals surface area contributed by atoms with E-state index in [1.54, 1.807) is 0 Å². The van der Waals surface area contributed by atoms with Gasteiger partial charge in [0.15, 0.2) is 0 Å². The van der Waals surface area contributed by atoms with Crippen molar-refractivity contribution < 1.29 is 5.11 Å². The van der Waals surface area contributed by atoms with Crippen molar-refractivity contribution in [1.82, 2.24) is 10.2 Å². The lowest BCUT2D eigenvalue weighted by Gasteiger charge is -2.35. The molecule has 1 aliphatic rings. The van der Waals surface area contributed by atoms with Gasteiger partial charge in [-0.2, -0.15) is 0 Å². The summed E-state index contributed by atoms with van der Waals surface area (Å²) < 4.78 is 1.91. The van der Waals surface area contributed by atoms with E-state index >= 15 is 0 Å². The van der Waals surface area contributed by atoms with Crippen LogP contribution in [0.4, 0.5) is 0 Å². The summed E-state index contributed by atoms with van der Waals surface area (Å²) in [6, 6.07) is 4.76. The van der Waals surface area contributed by atoms with Crippen LogP contribution in [0.3, 0.4) is 0 Å².